The van der Waals surface area contributed by atoms with E-state index in [0.717, 1.165) is 6.54 Å². The maximum absolute atomic E-state index is 11.8. The van der Waals surface area contributed by atoms with Gasteiger partial charge in [-0.25, -0.2) is 0 Å². The van der Waals surface area contributed by atoms with Gasteiger partial charge in [-0.2, -0.15) is 0 Å². The maximum Gasteiger partial charge on any atom is 0.227 e. The van der Waals surface area contributed by atoms with Gasteiger partial charge >= 0.3 is 0 Å². The number of nitrogens with two attached hydrogens (primary N) is 1. The summed E-state index contributed by atoms with van der Waals surface area (Å²) < 4.78 is 5.29. The van der Waals surface area contributed by atoms with Gasteiger partial charge in [0.15, 0.2) is 0 Å². The van der Waals surface area contributed by atoms with Crippen molar-refractivity contribution in [2.24, 2.45) is 11.7 Å². The fraction of sp³-hybridized carbons (Fsp3) is 0.818. The molecule has 1 aliphatic rings. The first-order valence-corrected chi connectivity index (χ1v) is 6.02. The van der Waals surface area contributed by atoms with Gasteiger partial charge in [-0.15, -0.1) is 0 Å². The molecule has 0 aromatic heterocycles. The van der Waals surface area contributed by atoms with Gasteiger partial charge in [0, 0.05) is 19.0 Å². The van der Waals surface area contributed by atoms with E-state index in [0.29, 0.717) is 32.6 Å². The van der Waals surface area contributed by atoms with Gasteiger partial charge in [0.25, 0.3) is 0 Å². The first-order chi connectivity index (χ1) is 8.15. The lowest BCUT2D eigenvalue weighted by Crippen LogP contribution is -2.44. The standard InChI is InChI=1S/C11H21N3O3/c1-2-13-9-7-17-6-8(9)11(16)14-5-3-4-10(12)15/h8-9,13H,2-7H2,1H3,(H2,12,15)(H,14,16). The van der Waals surface area contributed by atoms with Crippen molar-refractivity contribution in [3.63, 3.8) is 0 Å². The van der Waals surface area contributed by atoms with E-state index in [1.165, 1.54) is 0 Å². The van der Waals surface area contributed by atoms with Crippen LogP contribution in [-0.2, 0) is 14.3 Å². The van der Waals surface area contributed by atoms with Crippen LogP contribution in [-0.4, -0.2) is 44.2 Å². The summed E-state index contributed by atoms with van der Waals surface area (Å²) >= 11 is 0. The molecule has 0 spiro atoms. The molecular formula is C11H21N3O3. The van der Waals surface area contributed by atoms with Crippen molar-refractivity contribution in [1.29, 1.82) is 0 Å². The summed E-state index contributed by atoms with van der Waals surface area (Å²) in [4.78, 5) is 22.3. The van der Waals surface area contributed by atoms with Gasteiger partial charge in [0.2, 0.25) is 11.8 Å². The molecule has 17 heavy (non-hydrogen) atoms. The minimum absolute atomic E-state index is 0.0158. The average molecular weight is 243 g/mol. The van der Waals surface area contributed by atoms with E-state index < -0.39 is 0 Å². The van der Waals surface area contributed by atoms with Crippen molar-refractivity contribution < 1.29 is 14.3 Å². The summed E-state index contributed by atoms with van der Waals surface area (Å²) in [5, 5.41) is 6.03. The Morgan fingerprint density at radius 1 is 1.41 bits per heavy atom. The number of carbonyl (C=O) groups excluding carboxylic acids is 2. The zero-order valence-corrected chi connectivity index (χ0v) is 10.2. The molecule has 0 radical (unpaired) electrons. The molecule has 2 unspecified atom stereocenters. The third-order valence-electron chi connectivity index (χ3n) is 2.78. The highest BCUT2D eigenvalue weighted by Crippen LogP contribution is 2.13. The lowest BCUT2D eigenvalue weighted by atomic mass is 10.0. The van der Waals surface area contributed by atoms with Crippen molar-refractivity contribution in [2.75, 3.05) is 26.3 Å². The van der Waals surface area contributed by atoms with Gasteiger partial charge in [0.05, 0.1) is 19.1 Å². The molecule has 98 valence electrons. The van der Waals surface area contributed by atoms with Crippen molar-refractivity contribution >= 4 is 11.8 Å². The molecule has 2 atom stereocenters. The van der Waals surface area contributed by atoms with Crippen LogP contribution in [0, 0.1) is 5.92 Å². The Morgan fingerprint density at radius 2 is 2.18 bits per heavy atom. The molecule has 0 aromatic carbocycles. The quantitative estimate of drug-likeness (QED) is 0.500. The molecule has 6 heteroatoms. The number of primary amides is 1. The zero-order valence-electron chi connectivity index (χ0n) is 10.2. The lowest BCUT2D eigenvalue weighted by Gasteiger charge is -2.17. The molecule has 6 nitrogen and oxygen atoms in total. The van der Waals surface area contributed by atoms with E-state index in [-0.39, 0.29) is 23.8 Å². The monoisotopic (exact) mass is 243 g/mol. The molecule has 0 bridgehead atoms. The first kappa shape index (κ1) is 13.9. The van der Waals surface area contributed by atoms with E-state index in [4.69, 9.17) is 10.5 Å². The summed E-state index contributed by atoms with van der Waals surface area (Å²) in [7, 11) is 0. The van der Waals surface area contributed by atoms with Crippen molar-refractivity contribution in [3.05, 3.63) is 0 Å². The van der Waals surface area contributed by atoms with Gasteiger partial charge in [-0.05, 0) is 13.0 Å². The summed E-state index contributed by atoms with van der Waals surface area (Å²) in [6.45, 7) is 4.34. The van der Waals surface area contributed by atoms with Crippen LogP contribution in [0.15, 0.2) is 0 Å². The highest BCUT2D eigenvalue weighted by molar-refractivity contribution is 5.80. The molecule has 0 saturated carbocycles. The topological polar surface area (TPSA) is 93.4 Å². The second kappa shape index (κ2) is 7.24. The summed E-state index contributed by atoms with van der Waals surface area (Å²) in [5.74, 6) is -0.490. The molecule has 4 N–H and O–H groups in total. The molecule has 2 amide bonds. The van der Waals surface area contributed by atoms with Crippen LogP contribution in [0.4, 0.5) is 0 Å². The molecule has 1 saturated heterocycles. The van der Waals surface area contributed by atoms with Crippen LogP contribution in [0.5, 0.6) is 0 Å². The average Bonchev–Trinajstić information content (AvgIpc) is 2.72. The summed E-state index contributed by atoms with van der Waals surface area (Å²) in [6, 6.07) is 0.0936. The third-order valence-corrected chi connectivity index (χ3v) is 2.78. The first-order valence-electron chi connectivity index (χ1n) is 6.02. The SMILES string of the molecule is CCNC1COCC1C(=O)NCCCC(N)=O. The highest BCUT2D eigenvalue weighted by Gasteiger charge is 2.32. The Morgan fingerprint density at radius 3 is 2.82 bits per heavy atom. The van der Waals surface area contributed by atoms with Gasteiger partial charge < -0.3 is 21.1 Å². The number of rotatable bonds is 7. The Kier molecular flexibility index (Phi) is 5.93. The zero-order chi connectivity index (χ0) is 12.7. The minimum atomic E-state index is -0.339. The molecule has 1 fully saturated rings. The fourth-order valence-corrected chi connectivity index (χ4v) is 1.88. The van der Waals surface area contributed by atoms with Crippen LogP contribution in [0.25, 0.3) is 0 Å². The van der Waals surface area contributed by atoms with E-state index in [1.807, 2.05) is 6.92 Å². The minimum Gasteiger partial charge on any atom is -0.379 e. The largest absolute Gasteiger partial charge is 0.379 e. The van der Waals surface area contributed by atoms with Crippen molar-refractivity contribution in [3.8, 4) is 0 Å². The second-order valence-corrected chi connectivity index (χ2v) is 4.17. The molecular weight excluding hydrogens is 222 g/mol. The normalized spacial score (nSPS) is 23.6. The van der Waals surface area contributed by atoms with Crippen LogP contribution >= 0.6 is 0 Å². The number of nitrogens with one attached hydrogen (secondary N) is 2. The molecule has 0 aliphatic carbocycles. The summed E-state index contributed by atoms with van der Waals surface area (Å²) in [6.07, 6.45) is 0.888. The second-order valence-electron chi connectivity index (χ2n) is 4.17. The molecule has 1 rings (SSSR count). The van der Waals surface area contributed by atoms with E-state index in [9.17, 15) is 9.59 Å². The Labute approximate surface area is 101 Å². The number of carbonyl (C=O) groups is 2. The smallest absolute Gasteiger partial charge is 0.227 e. The maximum atomic E-state index is 11.8. The molecule has 0 aromatic rings. The molecule has 1 aliphatic heterocycles. The summed E-state index contributed by atoms with van der Waals surface area (Å²) in [5.41, 5.74) is 5.01. The molecule has 1 heterocycles. The van der Waals surface area contributed by atoms with Gasteiger partial charge in [-0.1, -0.05) is 6.92 Å². The van der Waals surface area contributed by atoms with Crippen molar-refractivity contribution in [1.82, 2.24) is 10.6 Å². The number of amides is 2. The van der Waals surface area contributed by atoms with E-state index in [2.05, 4.69) is 10.6 Å². The lowest BCUT2D eigenvalue weighted by molar-refractivity contribution is -0.125. The Balaban J connectivity index is 2.24. The van der Waals surface area contributed by atoms with E-state index in [1.54, 1.807) is 0 Å². The van der Waals surface area contributed by atoms with Crippen LogP contribution in [0.1, 0.15) is 19.8 Å². The third kappa shape index (κ3) is 4.70. The van der Waals surface area contributed by atoms with E-state index >= 15 is 0 Å². The van der Waals surface area contributed by atoms with Crippen LogP contribution < -0.4 is 16.4 Å². The van der Waals surface area contributed by atoms with Crippen molar-refractivity contribution in [2.45, 2.75) is 25.8 Å². The number of ether oxygens (including phenoxy) is 1. The fourth-order valence-electron chi connectivity index (χ4n) is 1.88. The van der Waals surface area contributed by atoms with Crippen LogP contribution in [0.3, 0.4) is 0 Å². The number of hydrogen-bond acceptors (Lipinski definition) is 4. The Bertz CT molecular complexity index is 271. The number of hydrogen-bond donors (Lipinski definition) is 3. The van der Waals surface area contributed by atoms with Gasteiger partial charge in [-0.3, -0.25) is 9.59 Å². The predicted molar refractivity (Wildman–Crippen MR) is 63.2 cm³/mol. The van der Waals surface area contributed by atoms with Gasteiger partial charge in [0.1, 0.15) is 0 Å². The highest BCUT2D eigenvalue weighted by atomic mass is 16.5. The number of likely N-dealkylation sites (N-methyl/N-ethyl adjacent to an activating group) is 1. The Hall–Kier alpha value is -1.14. The van der Waals surface area contributed by atoms with Crippen LogP contribution in [0.2, 0.25) is 0 Å². The predicted octanol–water partition coefficient (Wildman–Crippen LogP) is -1.01.